The van der Waals surface area contributed by atoms with Crippen molar-refractivity contribution >= 4 is 23.4 Å². The molecule has 0 atom stereocenters. The monoisotopic (exact) mass is 366 g/mol. The SMILES string of the molecule is O=C1CCCN1c1ccc(CNCc2ccc(CSC(F)F)o2)cc1. The molecule has 0 radical (unpaired) electrons. The number of nitrogens with one attached hydrogen (secondary N) is 1. The first-order valence-corrected chi connectivity index (χ1v) is 9.24. The number of rotatable bonds is 8. The molecule has 3 rings (SSSR count). The summed E-state index contributed by atoms with van der Waals surface area (Å²) >= 11 is 0.555. The number of thioether (sulfide) groups is 1. The molecule has 2 aromatic rings. The predicted octanol–water partition coefficient (Wildman–Crippen LogP) is 4.15. The van der Waals surface area contributed by atoms with Crippen LogP contribution < -0.4 is 10.2 Å². The molecule has 1 aromatic carbocycles. The zero-order chi connectivity index (χ0) is 17.6. The predicted molar refractivity (Wildman–Crippen MR) is 94.6 cm³/mol. The molecule has 0 aliphatic carbocycles. The van der Waals surface area contributed by atoms with Crippen LogP contribution in [0.3, 0.4) is 0 Å². The van der Waals surface area contributed by atoms with Gasteiger partial charge in [0.25, 0.3) is 5.76 Å². The summed E-state index contributed by atoms with van der Waals surface area (Å²) in [6.45, 7) is 1.99. The van der Waals surface area contributed by atoms with Gasteiger partial charge in [-0.3, -0.25) is 4.79 Å². The molecule has 4 nitrogen and oxygen atoms in total. The van der Waals surface area contributed by atoms with Crippen LogP contribution in [0.5, 0.6) is 0 Å². The summed E-state index contributed by atoms with van der Waals surface area (Å²) in [6.07, 6.45) is 1.55. The van der Waals surface area contributed by atoms with E-state index in [-0.39, 0.29) is 11.7 Å². The molecule has 1 aromatic heterocycles. The van der Waals surface area contributed by atoms with Gasteiger partial charge >= 0.3 is 0 Å². The van der Waals surface area contributed by atoms with Crippen LogP contribution >= 0.6 is 11.8 Å². The Morgan fingerprint density at radius 3 is 2.56 bits per heavy atom. The fraction of sp³-hybridized carbons (Fsp3) is 0.389. The van der Waals surface area contributed by atoms with Crippen molar-refractivity contribution in [1.29, 1.82) is 0 Å². The Hall–Kier alpha value is -1.86. The summed E-state index contributed by atoms with van der Waals surface area (Å²) in [7, 11) is 0. The molecule has 134 valence electrons. The van der Waals surface area contributed by atoms with Crippen LogP contribution in [0.2, 0.25) is 0 Å². The van der Waals surface area contributed by atoms with E-state index in [2.05, 4.69) is 5.32 Å². The first-order chi connectivity index (χ1) is 12.1. The molecule has 25 heavy (non-hydrogen) atoms. The Morgan fingerprint density at radius 2 is 1.88 bits per heavy atom. The molecule has 0 unspecified atom stereocenters. The second-order valence-corrected chi connectivity index (χ2v) is 6.84. The highest BCUT2D eigenvalue weighted by Gasteiger charge is 2.21. The van der Waals surface area contributed by atoms with Gasteiger partial charge in [-0.1, -0.05) is 23.9 Å². The molecule has 1 saturated heterocycles. The van der Waals surface area contributed by atoms with Crippen molar-refractivity contribution in [2.45, 2.75) is 37.4 Å². The third-order valence-electron chi connectivity index (χ3n) is 4.02. The number of halogens is 2. The number of amides is 1. The minimum atomic E-state index is -2.38. The Balaban J connectivity index is 1.45. The minimum absolute atomic E-state index is 0.175. The van der Waals surface area contributed by atoms with Gasteiger partial charge in [-0.25, -0.2) is 0 Å². The maximum atomic E-state index is 12.2. The van der Waals surface area contributed by atoms with Crippen molar-refractivity contribution in [2.24, 2.45) is 0 Å². The number of hydrogen-bond donors (Lipinski definition) is 1. The van der Waals surface area contributed by atoms with Crippen molar-refractivity contribution in [3.63, 3.8) is 0 Å². The van der Waals surface area contributed by atoms with Crippen LogP contribution in [0.15, 0.2) is 40.8 Å². The fourth-order valence-electron chi connectivity index (χ4n) is 2.78. The normalized spacial score (nSPS) is 14.7. The second-order valence-electron chi connectivity index (χ2n) is 5.86. The van der Waals surface area contributed by atoms with Crippen LogP contribution in [-0.2, 0) is 23.6 Å². The Kier molecular flexibility index (Phi) is 6.09. The number of benzene rings is 1. The topological polar surface area (TPSA) is 45.5 Å². The van der Waals surface area contributed by atoms with E-state index in [1.54, 1.807) is 12.1 Å². The summed E-state index contributed by atoms with van der Waals surface area (Å²) < 4.78 is 29.8. The maximum Gasteiger partial charge on any atom is 0.284 e. The van der Waals surface area contributed by atoms with E-state index in [0.29, 0.717) is 37.0 Å². The molecule has 1 amide bonds. The van der Waals surface area contributed by atoms with Crippen LogP contribution in [0, 0.1) is 0 Å². The third kappa shape index (κ3) is 5.06. The van der Waals surface area contributed by atoms with Gasteiger partial charge in [0.1, 0.15) is 11.5 Å². The second kappa shape index (κ2) is 8.49. The highest BCUT2D eigenvalue weighted by Crippen LogP contribution is 2.22. The molecule has 1 N–H and O–H groups in total. The number of anilines is 1. The van der Waals surface area contributed by atoms with E-state index in [1.807, 2.05) is 29.2 Å². The number of furan rings is 1. The highest BCUT2D eigenvalue weighted by molar-refractivity contribution is 7.98. The number of carbonyl (C=O) groups is 1. The van der Waals surface area contributed by atoms with E-state index in [4.69, 9.17) is 4.42 Å². The highest BCUT2D eigenvalue weighted by atomic mass is 32.2. The number of carbonyl (C=O) groups excluding carboxylic acids is 1. The fourth-order valence-corrected chi connectivity index (χ4v) is 3.23. The van der Waals surface area contributed by atoms with Gasteiger partial charge in [-0.15, -0.1) is 0 Å². The van der Waals surface area contributed by atoms with Crippen molar-refractivity contribution in [2.75, 3.05) is 11.4 Å². The average Bonchev–Trinajstić information content (AvgIpc) is 3.23. The number of nitrogens with zero attached hydrogens (tertiary/aromatic N) is 1. The lowest BCUT2D eigenvalue weighted by atomic mass is 10.2. The number of hydrogen-bond acceptors (Lipinski definition) is 4. The Morgan fingerprint density at radius 1 is 1.12 bits per heavy atom. The molecule has 0 bridgehead atoms. The zero-order valence-corrected chi connectivity index (χ0v) is 14.5. The standard InChI is InChI=1S/C18H20F2N2O2S/c19-18(20)25-12-16-8-7-15(24-16)11-21-10-13-3-5-14(6-4-13)22-9-1-2-17(22)23/h3-8,18,21H,1-2,9-12H2. The van der Waals surface area contributed by atoms with Crippen LogP contribution in [0.4, 0.5) is 14.5 Å². The van der Waals surface area contributed by atoms with Gasteiger partial charge in [-0.2, -0.15) is 8.78 Å². The van der Waals surface area contributed by atoms with Crippen molar-refractivity contribution in [3.8, 4) is 0 Å². The quantitative estimate of drug-likeness (QED) is 0.762. The Bertz CT molecular complexity index is 703. The smallest absolute Gasteiger partial charge is 0.284 e. The molecular formula is C18H20F2N2O2S. The van der Waals surface area contributed by atoms with Gasteiger partial charge in [-0.05, 0) is 36.2 Å². The van der Waals surface area contributed by atoms with E-state index in [0.717, 1.165) is 30.0 Å². The summed E-state index contributed by atoms with van der Waals surface area (Å²) in [6, 6.07) is 11.5. The average molecular weight is 366 g/mol. The minimum Gasteiger partial charge on any atom is -0.464 e. The molecule has 1 aliphatic rings. The molecule has 7 heteroatoms. The van der Waals surface area contributed by atoms with Crippen LogP contribution in [0.1, 0.15) is 29.9 Å². The first kappa shape index (κ1) is 17.9. The lowest BCUT2D eigenvalue weighted by molar-refractivity contribution is -0.117. The molecular weight excluding hydrogens is 346 g/mol. The molecule has 2 heterocycles. The maximum absolute atomic E-state index is 12.2. The molecule has 0 spiro atoms. The summed E-state index contributed by atoms with van der Waals surface area (Å²) in [5.41, 5.74) is 2.05. The summed E-state index contributed by atoms with van der Waals surface area (Å²) in [4.78, 5) is 13.6. The van der Waals surface area contributed by atoms with Crippen LogP contribution in [-0.4, -0.2) is 18.2 Å². The first-order valence-electron chi connectivity index (χ1n) is 8.19. The molecule has 0 saturated carbocycles. The third-order valence-corrected chi connectivity index (χ3v) is 4.72. The van der Waals surface area contributed by atoms with Crippen LogP contribution in [0.25, 0.3) is 0 Å². The zero-order valence-electron chi connectivity index (χ0n) is 13.7. The molecule has 1 aliphatic heterocycles. The van der Waals surface area contributed by atoms with E-state index >= 15 is 0 Å². The summed E-state index contributed by atoms with van der Waals surface area (Å²) in [5, 5.41) is 3.26. The lowest BCUT2D eigenvalue weighted by Gasteiger charge is -2.16. The van der Waals surface area contributed by atoms with E-state index < -0.39 is 5.76 Å². The van der Waals surface area contributed by atoms with E-state index in [1.165, 1.54) is 0 Å². The Labute approximate surface area is 149 Å². The number of alkyl halides is 2. The van der Waals surface area contributed by atoms with Crippen molar-refractivity contribution in [1.82, 2.24) is 5.32 Å². The van der Waals surface area contributed by atoms with Gasteiger partial charge in [0, 0.05) is 25.2 Å². The summed E-state index contributed by atoms with van der Waals surface area (Å²) in [5.74, 6) is -0.741. The van der Waals surface area contributed by atoms with Crippen molar-refractivity contribution < 1.29 is 18.0 Å². The lowest BCUT2D eigenvalue weighted by Crippen LogP contribution is -2.23. The largest absolute Gasteiger partial charge is 0.464 e. The van der Waals surface area contributed by atoms with Gasteiger partial charge < -0.3 is 14.6 Å². The van der Waals surface area contributed by atoms with Gasteiger partial charge in [0.2, 0.25) is 5.91 Å². The van der Waals surface area contributed by atoms with E-state index in [9.17, 15) is 13.6 Å². The van der Waals surface area contributed by atoms with Crippen molar-refractivity contribution in [3.05, 3.63) is 53.5 Å². The molecule has 1 fully saturated rings. The van der Waals surface area contributed by atoms with Gasteiger partial charge in [0.05, 0.1) is 12.3 Å². The van der Waals surface area contributed by atoms with Gasteiger partial charge in [0.15, 0.2) is 0 Å².